The molecule has 2 aliphatic rings. The van der Waals surface area contributed by atoms with Gasteiger partial charge in [-0.2, -0.15) is 0 Å². The fourth-order valence-electron chi connectivity index (χ4n) is 1.77. The van der Waals surface area contributed by atoms with Crippen molar-refractivity contribution in [1.29, 1.82) is 0 Å². The lowest BCUT2D eigenvalue weighted by Gasteiger charge is -1.99. The highest BCUT2D eigenvalue weighted by molar-refractivity contribution is 5.70. The van der Waals surface area contributed by atoms with Crippen molar-refractivity contribution in [3.8, 4) is 11.1 Å². The Morgan fingerprint density at radius 3 is 2.64 bits per heavy atom. The Morgan fingerprint density at radius 1 is 0.929 bits per heavy atom. The molecular formula is C13H14O. The second kappa shape index (κ2) is 4.25. The van der Waals surface area contributed by atoms with Gasteiger partial charge in [-0.3, -0.25) is 0 Å². The predicted molar refractivity (Wildman–Crippen MR) is 58.5 cm³/mol. The van der Waals surface area contributed by atoms with Gasteiger partial charge in [0.05, 0.1) is 0 Å². The molecule has 0 heterocycles. The predicted octanol–water partition coefficient (Wildman–Crippen LogP) is 2.72. The number of aliphatic hydroxyl groups is 1. The van der Waals surface area contributed by atoms with Crippen LogP contribution in [0, 0.1) is 0 Å². The van der Waals surface area contributed by atoms with Crippen LogP contribution in [0.5, 0.6) is 0 Å². The first-order valence-electron chi connectivity index (χ1n) is 4.99. The number of hydrogen-bond donors (Lipinski definition) is 1. The van der Waals surface area contributed by atoms with Crippen molar-refractivity contribution in [2.45, 2.75) is 12.8 Å². The summed E-state index contributed by atoms with van der Waals surface area (Å²) in [5.74, 6) is 0. The molecule has 0 aliphatic heterocycles. The molecule has 0 fully saturated rings. The maximum atomic E-state index is 8.79. The normalized spacial score (nSPS) is 10.6. The SMILES string of the molecule is OCCCc1ccc2cccccc1-2. The molecule has 0 aromatic carbocycles. The first kappa shape index (κ1) is 9.22. The molecule has 72 valence electrons. The highest BCUT2D eigenvalue weighted by Crippen LogP contribution is 2.27. The average Bonchev–Trinajstić information content (AvgIpc) is 2.45. The van der Waals surface area contributed by atoms with Gasteiger partial charge in [0.25, 0.3) is 0 Å². The first-order valence-corrected chi connectivity index (χ1v) is 4.99. The van der Waals surface area contributed by atoms with Crippen LogP contribution in [0.15, 0.2) is 42.5 Å². The van der Waals surface area contributed by atoms with Gasteiger partial charge in [-0.1, -0.05) is 42.5 Å². The summed E-state index contributed by atoms with van der Waals surface area (Å²) >= 11 is 0. The van der Waals surface area contributed by atoms with E-state index in [9.17, 15) is 0 Å². The van der Waals surface area contributed by atoms with Crippen LogP contribution in [-0.2, 0) is 6.42 Å². The Hall–Kier alpha value is -1.34. The number of aliphatic hydroxyl groups excluding tert-OH is 1. The van der Waals surface area contributed by atoms with E-state index in [0.29, 0.717) is 0 Å². The summed E-state index contributed by atoms with van der Waals surface area (Å²) in [5, 5.41) is 8.79. The minimum atomic E-state index is 0.269. The molecule has 0 aromatic rings. The maximum Gasteiger partial charge on any atom is 0.0434 e. The van der Waals surface area contributed by atoms with Crippen LogP contribution in [0.1, 0.15) is 12.0 Å². The van der Waals surface area contributed by atoms with Crippen LogP contribution in [0.3, 0.4) is 0 Å². The molecule has 1 N–H and O–H groups in total. The second-order valence-corrected chi connectivity index (χ2v) is 3.47. The van der Waals surface area contributed by atoms with E-state index in [1.807, 2.05) is 6.07 Å². The van der Waals surface area contributed by atoms with Crippen molar-refractivity contribution >= 4 is 0 Å². The first-order chi connectivity index (χ1) is 6.92. The summed E-state index contributed by atoms with van der Waals surface area (Å²) in [7, 11) is 0. The molecular weight excluding hydrogens is 172 g/mol. The molecule has 0 saturated heterocycles. The zero-order valence-electron chi connectivity index (χ0n) is 8.11. The van der Waals surface area contributed by atoms with E-state index < -0.39 is 0 Å². The molecule has 0 saturated carbocycles. The summed E-state index contributed by atoms with van der Waals surface area (Å²) in [6.45, 7) is 0.269. The third-order valence-corrected chi connectivity index (χ3v) is 2.49. The van der Waals surface area contributed by atoms with E-state index >= 15 is 0 Å². The Balaban J connectivity index is 2.32. The van der Waals surface area contributed by atoms with Crippen molar-refractivity contribution in [3.05, 3.63) is 48.0 Å². The van der Waals surface area contributed by atoms with Gasteiger partial charge in [-0.05, 0) is 29.5 Å². The average molecular weight is 186 g/mol. The van der Waals surface area contributed by atoms with E-state index in [4.69, 9.17) is 5.11 Å². The maximum absolute atomic E-state index is 8.79. The van der Waals surface area contributed by atoms with Crippen molar-refractivity contribution in [3.63, 3.8) is 0 Å². The van der Waals surface area contributed by atoms with Crippen molar-refractivity contribution in [1.82, 2.24) is 0 Å². The molecule has 0 unspecified atom stereocenters. The van der Waals surface area contributed by atoms with Crippen LogP contribution in [0.2, 0.25) is 0 Å². The number of aryl methyl sites for hydroxylation is 1. The van der Waals surface area contributed by atoms with Crippen molar-refractivity contribution in [2.75, 3.05) is 6.61 Å². The lowest BCUT2D eigenvalue weighted by Crippen LogP contribution is -1.88. The summed E-state index contributed by atoms with van der Waals surface area (Å²) in [6, 6.07) is 14.7. The highest BCUT2D eigenvalue weighted by Gasteiger charge is 2.06. The quantitative estimate of drug-likeness (QED) is 0.781. The van der Waals surface area contributed by atoms with E-state index in [1.54, 1.807) is 0 Å². The van der Waals surface area contributed by atoms with Gasteiger partial charge in [0.15, 0.2) is 0 Å². The molecule has 2 aliphatic carbocycles. The monoisotopic (exact) mass is 186 g/mol. The van der Waals surface area contributed by atoms with E-state index in [0.717, 1.165) is 12.8 Å². The van der Waals surface area contributed by atoms with Gasteiger partial charge < -0.3 is 5.11 Å². The smallest absolute Gasteiger partial charge is 0.0434 e. The molecule has 2 rings (SSSR count). The standard InChI is InChI=1S/C13H14O/c14-10-4-6-12-9-8-11-5-2-1-3-7-13(11)12/h1-3,5,7-9,14H,4,6,10H2. The fraction of sp³-hybridized carbons (Fsp3) is 0.231. The van der Waals surface area contributed by atoms with Crippen LogP contribution >= 0.6 is 0 Å². The molecule has 0 aromatic heterocycles. The molecule has 1 heteroatoms. The summed E-state index contributed by atoms with van der Waals surface area (Å²) in [6.07, 6.45) is 1.81. The summed E-state index contributed by atoms with van der Waals surface area (Å²) in [4.78, 5) is 0. The zero-order chi connectivity index (χ0) is 9.80. The van der Waals surface area contributed by atoms with E-state index in [2.05, 4.69) is 36.4 Å². The lowest BCUT2D eigenvalue weighted by atomic mass is 10.1. The molecule has 14 heavy (non-hydrogen) atoms. The lowest BCUT2D eigenvalue weighted by molar-refractivity contribution is 0.288. The Kier molecular flexibility index (Phi) is 2.80. The number of fused-ring (bicyclic) bond motifs is 1. The highest BCUT2D eigenvalue weighted by atomic mass is 16.2. The van der Waals surface area contributed by atoms with Crippen molar-refractivity contribution < 1.29 is 5.11 Å². The molecule has 1 nitrogen and oxygen atoms in total. The van der Waals surface area contributed by atoms with Crippen molar-refractivity contribution in [2.24, 2.45) is 0 Å². The van der Waals surface area contributed by atoms with Gasteiger partial charge >= 0.3 is 0 Å². The molecule has 0 amide bonds. The van der Waals surface area contributed by atoms with E-state index in [-0.39, 0.29) is 6.61 Å². The summed E-state index contributed by atoms with van der Waals surface area (Å²) in [5.41, 5.74) is 3.93. The van der Waals surface area contributed by atoms with Gasteiger partial charge in [0.2, 0.25) is 0 Å². The third-order valence-electron chi connectivity index (χ3n) is 2.49. The minimum Gasteiger partial charge on any atom is -0.396 e. The van der Waals surface area contributed by atoms with Gasteiger partial charge in [0.1, 0.15) is 0 Å². The largest absolute Gasteiger partial charge is 0.396 e. The molecule has 0 atom stereocenters. The van der Waals surface area contributed by atoms with Gasteiger partial charge in [-0.15, -0.1) is 0 Å². The number of rotatable bonds is 3. The molecule has 0 spiro atoms. The Morgan fingerprint density at radius 2 is 1.79 bits per heavy atom. The molecule has 0 radical (unpaired) electrons. The fourth-order valence-corrected chi connectivity index (χ4v) is 1.77. The molecule has 0 bridgehead atoms. The Labute approximate surface area is 84.4 Å². The van der Waals surface area contributed by atoms with Crippen LogP contribution in [-0.4, -0.2) is 11.7 Å². The van der Waals surface area contributed by atoms with E-state index in [1.165, 1.54) is 16.7 Å². The second-order valence-electron chi connectivity index (χ2n) is 3.47. The number of hydrogen-bond acceptors (Lipinski definition) is 1. The third kappa shape index (κ3) is 1.78. The van der Waals surface area contributed by atoms with Crippen LogP contribution in [0.25, 0.3) is 11.1 Å². The topological polar surface area (TPSA) is 20.2 Å². The van der Waals surface area contributed by atoms with Crippen LogP contribution in [0.4, 0.5) is 0 Å². The Bertz CT molecular complexity index is 381. The summed E-state index contributed by atoms with van der Waals surface area (Å²) < 4.78 is 0. The zero-order valence-corrected chi connectivity index (χ0v) is 8.11. The van der Waals surface area contributed by atoms with Crippen LogP contribution < -0.4 is 0 Å². The minimum absolute atomic E-state index is 0.269. The van der Waals surface area contributed by atoms with Gasteiger partial charge in [-0.25, -0.2) is 0 Å². The van der Waals surface area contributed by atoms with Gasteiger partial charge in [0, 0.05) is 6.61 Å².